The molecule has 0 aliphatic heterocycles. The van der Waals surface area contributed by atoms with Crippen molar-refractivity contribution in [3.05, 3.63) is 12.2 Å². The predicted octanol–water partition coefficient (Wildman–Crippen LogP) is 2.27. The number of ether oxygens (including phenoxy) is 2. The van der Waals surface area contributed by atoms with Gasteiger partial charge in [-0.15, -0.1) is 0 Å². The van der Waals surface area contributed by atoms with E-state index >= 15 is 0 Å². The standard InChI is InChI=1S/C13H22O4/c1-11(12(2)14)10-16-8-6-4-5-7-9-17-13(3)15/h1,4-10H2,2-3H3. The molecular weight excluding hydrogens is 220 g/mol. The van der Waals surface area contributed by atoms with E-state index in [2.05, 4.69) is 6.58 Å². The summed E-state index contributed by atoms with van der Waals surface area (Å²) in [5.41, 5.74) is 0.514. The Morgan fingerprint density at radius 2 is 1.59 bits per heavy atom. The Kier molecular flexibility index (Phi) is 9.34. The monoisotopic (exact) mass is 242 g/mol. The van der Waals surface area contributed by atoms with Crippen LogP contribution in [0.15, 0.2) is 12.2 Å². The topological polar surface area (TPSA) is 52.6 Å². The Morgan fingerprint density at radius 1 is 1.00 bits per heavy atom. The minimum absolute atomic E-state index is 0.0219. The molecule has 0 N–H and O–H groups in total. The van der Waals surface area contributed by atoms with Crippen molar-refractivity contribution in [1.29, 1.82) is 0 Å². The van der Waals surface area contributed by atoms with E-state index in [4.69, 9.17) is 9.47 Å². The molecule has 0 unspecified atom stereocenters. The molecule has 0 aromatic rings. The summed E-state index contributed by atoms with van der Waals surface area (Å²) in [7, 11) is 0. The van der Waals surface area contributed by atoms with Crippen LogP contribution < -0.4 is 0 Å². The van der Waals surface area contributed by atoms with Crippen LogP contribution in [0.25, 0.3) is 0 Å². The van der Waals surface area contributed by atoms with Crippen LogP contribution in [0.4, 0.5) is 0 Å². The van der Waals surface area contributed by atoms with Gasteiger partial charge in [0.25, 0.3) is 0 Å². The third kappa shape index (κ3) is 11.1. The van der Waals surface area contributed by atoms with Crippen molar-refractivity contribution in [2.24, 2.45) is 0 Å². The number of rotatable bonds is 10. The molecule has 4 heteroatoms. The van der Waals surface area contributed by atoms with E-state index in [1.165, 1.54) is 13.8 Å². The van der Waals surface area contributed by atoms with Crippen molar-refractivity contribution >= 4 is 11.8 Å². The molecule has 0 aromatic carbocycles. The summed E-state index contributed by atoms with van der Waals surface area (Å²) in [6.07, 6.45) is 3.89. The summed E-state index contributed by atoms with van der Waals surface area (Å²) in [5.74, 6) is -0.248. The maximum atomic E-state index is 10.8. The zero-order chi connectivity index (χ0) is 13.1. The number of Topliss-reactive ketones (excluding diaryl/α,β-unsaturated/α-hetero) is 1. The molecule has 4 nitrogen and oxygen atoms in total. The Bertz CT molecular complexity index is 258. The van der Waals surface area contributed by atoms with Crippen molar-refractivity contribution < 1.29 is 19.1 Å². The fourth-order valence-electron chi connectivity index (χ4n) is 1.17. The lowest BCUT2D eigenvalue weighted by molar-refractivity contribution is -0.141. The van der Waals surface area contributed by atoms with Gasteiger partial charge >= 0.3 is 5.97 Å². The number of esters is 1. The van der Waals surface area contributed by atoms with Crippen LogP contribution in [-0.4, -0.2) is 31.6 Å². The quantitative estimate of drug-likeness (QED) is 0.335. The highest BCUT2D eigenvalue weighted by Crippen LogP contribution is 2.02. The Labute approximate surface area is 103 Å². The van der Waals surface area contributed by atoms with Crippen molar-refractivity contribution in [2.75, 3.05) is 19.8 Å². The van der Waals surface area contributed by atoms with Crippen LogP contribution in [0, 0.1) is 0 Å². The SMILES string of the molecule is C=C(COCCCCCCOC(C)=O)C(C)=O. The van der Waals surface area contributed by atoms with Crippen molar-refractivity contribution in [3.63, 3.8) is 0 Å². The van der Waals surface area contributed by atoms with Gasteiger partial charge < -0.3 is 9.47 Å². The fraction of sp³-hybridized carbons (Fsp3) is 0.692. The molecule has 98 valence electrons. The minimum atomic E-state index is -0.226. The summed E-state index contributed by atoms with van der Waals surface area (Å²) >= 11 is 0. The van der Waals surface area contributed by atoms with Crippen LogP contribution in [0.1, 0.15) is 39.5 Å². The first-order chi connectivity index (χ1) is 8.04. The molecular formula is C13H22O4. The lowest BCUT2D eigenvalue weighted by Crippen LogP contribution is -2.05. The second-order valence-electron chi connectivity index (χ2n) is 3.97. The van der Waals surface area contributed by atoms with Gasteiger partial charge in [-0.2, -0.15) is 0 Å². The van der Waals surface area contributed by atoms with Crippen LogP contribution in [0.3, 0.4) is 0 Å². The highest BCUT2D eigenvalue weighted by Gasteiger charge is 1.99. The van der Waals surface area contributed by atoms with E-state index in [0.717, 1.165) is 25.7 Å². The summed E-state index contributed by atoms with van der Waals surface area (Å²) in [4.78, 5) is 21.3. The molecule has 0 saturated carbocycles. The van der Waals surface area contributed by atoms with Gasteiger partial charge in [-0.25, -0.2) is 0 Å². The van der Waals surface area contributed by atoms with E-state index in [0.29, 0.717) is 25.4 Å². The number of ketones is 1. The smallest absolute Gasteiger partial charge is 0.302 e. The van der Waals surface area contributed by atoms with Crippen LogP contribution in [-0.2, 0) is 19.1 Å². The van der Waals surface area contributed by atoms with Gasteiger partial charge in [0, 0.05) is 19.1 Å². The summed E-state index contributed by atoms with van der Waals surface area (Å²) in [5, 5.41) is 0. The molecule has 0 bridgehead atoms. The number of carbonyl (C=O) groups excluding carboxylic acids is 2. The Morgan fingerprint density at radius 3 is 2.12 bits per heavy atom. The summed E-state index contributed by atoms with van der Waals surface area (Å²) in [6.45, 7) is 7.96. The van der Waals surface area contributed by atoms with Crippen molar-refractivity contribution in [2.45, 2.75) is 39.5 Å². The first kappa shape index (κ1) is 15.8. The average Bonchev–Trinajstić information content (AvgIpc) is 2.25. The van der Waals surface area contributed by atoms with Crippen LogP contribution in [0.2, 0.25) is 0 Å². The van der Waals surface area contributed by atoms with Gasteiger partial charge in [-0.05, 0) is 26.2 Å². The van der Waals surface area contributed by atoms with E-state index in [1.54, 1.807) is 0 Å². The lowest BCUT2D eigenvalue weighted by atomic mass is 10.2. The fourth-order valence-corrected chi connectivity index (χ4v) is 1.17. The van der Waals surface area contributed by atoms with Crippen LogP contribution >= 0.6 is 0 Å². The van der Waals surface area contributed by atoms with Gasteiger partial charge in [-0.1, -0.05) is 13.0 Å². The van der Waals surface area contributed by atoms with Crippen molar-refractivity contribution in [3.8, 4) is 0 Å². The maximum Gasteiger partial charge on any atom is 0.302 e. The zero-order valence-electron chi connectivity index (χ0n) is 10.8. The molecule has 0 rings (SSSR count). The van der Waals surface area contributed by atoms with Crippen molar-refractivity contribution in [1.82, 2.24) is 0 Å². The summed E-state index contributed by atoms with van der Waals surface area (Å²) in [6, 6.07) is 0. The second-order valence-corrected chi connectivity index (χ2v) is 3.97. The van der Waals surface area contributed by atoms with Gasteiger partial charge in [0.2, 0.25) is 0 Å². The third-order valence-electron chi connectivity index (χ3n) is 2.26. The first-order valence-electron chi connectivity index (χ1n) is 5.94. The third-order valence-corrected chi connectivity index (χ3v) is 2.26. The van der Waals surface area contributed by atoms with Gasteiger partial charge in [0.1, 0.15) is 0 Å². The molecule has 0 atom stereocenters. The molecule has 0 fully saturated rings. The Balaban J connectivity index is 3.16. The highest BCUT2D eigenvalue weighted by molar-refractivity contribution is 5.92. The minimum Gasteiger partial charge on any atom is -0.466 e. The normalized spacial score (nSPS) is 10.0. The number of hydrogen-bond donors (Lipinski definition) is 0. The molecule has 0 aliphatic carbocycles. The van der Waals surface area contributed by atoms with E-state index in [-0.39, 0.29) is 11.8 Å². The van der Waals surface area contributed by atoms with E-state index < -0.39 is 0 Å². The molecule has 0 radical (unpaired) electrons. The molecule has 0 heterocycles. The molecule has 0 aliphatic rings. The second kappa shape index (κ2) is 10.0. The number of unbranched alkanes of at least 4 members (excludes halogenated alkanes) is 3. The van der Waals surface area contributed by atoms with Gasteiger partial charge in [0.05, 0.1) is 13.2 Å². The average molecular weight is 242 g/mol. The maximum absolute atomic E-state index is 10.8. The van der Waals surface area contributed by atoms with Gasteiger partial charge in [0.15, 0.2) is 5.78 Å². The zero-order valence-corrected chi connectivity index (χ0v) is 10.8. The predicted molar refractivity (Wildman–Crippen MR) is 65.7 cm³/mol. The number of hydrogen-bond acceptors (Lipinski definition) is 4. The molecule has 0 saturated heterocycles. The molecule has 0 spiro atoms. The molecule has 0 aromatic heterocycles. The van der Waals surface area contributed by atoms with E-state index in [1.807, 2.05) is 0 Å². The molecule has 17 heavy (non-hydrogen) atoms. The largest absolute Gasteiger partial charge is 0.466 e. The Hall–Kier alpha value is -1.16. The summed E-state index contributed by atoms with van der Waals surface area (Å²) < 4.78 is 10.1. The highest BCUT2D eigenvalue weighted by atomic mass is 16.5. The number of carbonyl (C=O) groups is 2. The molecule has 0 amide bonds. The van der Waals surface area contributed by atoms with Crippen LogP contribution in [0.5, 0.6) is 0 Å². The van der Waals surface area contributed by atoms with Gasteiger partial charge in [-0.3, -0.25) is 9.59 Å². The van der Waals surface area contributed by atoms with E-state index in [9.17, 15) is 9.59 Å². The lowest BCUT2D eigenvalue weighted by Gasteiger charge is -2.05. The first-order valence-corrected chi connectivity index (χ1v) is 5.94.